The molecule has 0 unspecified atom stereocenters. The number of benzene rings is 3. The van der Waals surface area contributed by atoms with Crippen LogP contribution in [0.25, 0.3) is 21.9 Å². The summed E-state index contributed by atoms with van der Waals surface area (Å²) in [6, 6.07) is 24.1. The zero-order chi connectivity index (χ0) is 14.5. The van der Waals surface area contributed by atoms with Gasteiger partial charge in [-0.25, -0.2) is 0 Å². The fraction of sp³-hybridized carbons (Fsp3) is 0.238. The lowest BCUT2D eigenvalue weighted by molar-refractivity contribution is 0.720. The molecule has 21 heavy (non-hydrogen) atoms. The number of unbranched alkanes of at least 4 members (excludes halogenated alkanes) is 2. The predicted molar refractivity (Wildman–Crippen MR) is 92.6 cm³/mol. The minimum absolute atomic E-state index is 1.17. The van der Waals surface area contributed by atoms with Crippen LogP contribution >= 0.6 is 0 Å². The maximum Gasteiger partial charge on any atom is -0.0146 e. The van der Waals surface area contributed by atoms with Gasteiger partial charge in [0.2, 0.25) is 0 Å². The van der Waals surface area contributed by atoms with E-state index in [1.165, 1.54) is 53.1 Å². The molecule has 0 saturated heterocycles. The Hall–Kier alpha value is -2.08. The minimum Gasteiger partial charge on any atom is -0.0654 e. The van der Waals surface area contributed by atoms with Crippen LogP contribution in [0.5, 0.6) is 0 Å². The van der Waals surface area contributed by atoms with E-state index in [0.29, 0.717) is 0 Å². The third kappa shape index (κ3) is 3.00. The summed E-state index contributed by atoms with van der Waals surface area (Å²) in [6.45, 7) is 2.27. The monoisotopic (exact) mass is 274 g/mol. The average Bonchev–Trinajstić information content (AvgIpc) is 2.56. The second-order valence-electron chi connectivity index (χ2n) is 5.64. The first-order valence-electron chi connectivity index (χ1n) is 7.96. The number of fused-ring (bicyclic) bond motifs is 1. The Labute approximate surface area is 127 Å². The van der Waals surface area contributed by atoms with E-state index in [4.69, 9.17) is 0 Å². The van der Waals surface area contributed by atoms with Crippen LogP contribution in [0.15, 0.2) is 66.7 Å². The molecule has 3 aromatic rings. The van der Waals surface area contributed by atoms with Gasteiger partial charge in [-0.3, -0.25) is 0 Å². The molecule has 3 rings (SSSR count). The molecule has 0 bridgehead atoms. The molecule has 3 aromatic carbocycles. The van der Waals surface area contributed by atoms with Crippen molar-refractivity contribution in [1.29, 1.82) is 0 Å². The molecule has 0 aliphatic rings. The molecule has 0 saturated carbocycles. The molecular weight excluding hydrogens is 252 g/mol. The van der Waals surface area contributed by atoms with Crippen molar-refractivity contribution in [2.75, 3.05) is 0 Å². The zero-order valence-electron chi connectivity index (χ0n) is 12.7. The number of hydrogen-bond donors (Lipinski definition) is 0. The van der Waals surface area contributed by atoms with Crippen LogP contribution in [-0.4, -0.2) is 0 Å². The highest BCUT2D eigenvalue weighted by atomic mass is 14.1. The lowest BCUT2D eigenvalue weighted by Crippen LogP contribution is -1.93. The van der Waals surface area contributed by atoms with E-state index in [9.17, 15) is 0 Å². The molecule has 0 aromatic heterocycles. The minimum atomic E-state index is 1.17. The SMILES string of the molecule is CCCCCc1c(-c2ccccc2)ccc2ccccc12. The van der Waals surface area contributed by atoms with Gasteiger partial charge in [0, 0.05) is 0 Å². The molecule has 0 radical (unpaired) electrons. The fourth-order valence-corrected chi connectivity index (χ4v) is 3.05. The Morgan fingerprint density at radius 2 is 1.48 bits per heavy atom. The van der Waals surface area contributed by atoms with Crippen molar-refractivity contribution in [2.45, 2.75) is 32.6 Å². The van der Waals surface area contributed by atoms with Gasteiger partial charge >= 0.3 is 0 Å². The molecule has 0 spiro atoms. The number of rotatable bonds is 5. The molecule has 0 aliphatic heterocycles. The van der Waals surface area contributed by atoms with Crippen LogP contribution in [0.4, 0.5) is 0 Å². The van der Waals surface area contributed by atoms with Gasteiger partial charge in [-0.2, -0.15) is 0 Å². The Morgan fingerprint density at radius 3 is 2.29 bits per heavy atom. The summed E-state index contributed by atoms with van der Waals surface area (Å²) >= 11 is 0. The van der Waals surface area contributed by atoms with Crippen LogP contribution in [-0.2, 0) is 6.42 Å². The molecule has 0 heterocycles. The van der Waals surface area contributed by atoms with Gasteiger partial charge in [0.1, 0.15) is 0 Å². The lowest BCUT2D eigenvalue weighted by Gasteiger charge is -2.13. The third-order valence-electron chi connectivity index (χ3n) is 4.16. The Balaban J connectivity index is 2.12. The molecule has 0 N–H and O–H groups in total. The first kappa shape index (κ1) is 13.9. The highest BCUT2D eigenvalue weighted by Gasteiger charge is 2.09. The summed E-state index contributed by atoms with van der Waals surface area (Å²) in [7, 11) is 0. The first-order chi connectivity index (χ1) is 10.4. The molecule has 0 amide bonds. The van der Waals surface area contributed by atoms with Crippen molar-refractivity contribution >= 4 is 10.8 Å². The van der Waals surface area contributed by atoms with Crippen molar-refractivity contribution in [1.82, 2.24) is 0 Å². The summed E-state index contributed by atoms with van der Waals surface area (Å²) in [5.74, 6) is 0. The van der Waals surface area contributed by atoms with E-state index in [0.717, 1.165) is 0 Å². The van der Waals surface area contributed by atoms with Gasteiger partial charge in [0.25, 0.3) is 0 Å². The second-order valence-corrected chi connectivity index (χ2v) is 5.64. The summed E-state index contributed by atoms with van der Waals surface area (Å²) in [5, 5.41) is 2.76. The molecule has 0 nitrogen and oxygen atoms in total. The molecule has 0 aliphatic carbocycles. The topological polar surface area (TPSA) is 0 Å². The van der Waals surface area contributed by atoms with Gasteiger partial charge < -0.3 is 0 Å². The summed E-state index contributed by atoms with van der Waals surface area (Å²) in [6.07, 6.45) is 5.01. The summed E-state index contributed by atoms with van der Waals surface area (Å²) in [5.41, 5.74) is 4.23. The smallest absolute Gasteiger partial charge is 0.0146 e. The molecule has 0 fully saturated rings. The van der Waals surface area contributed by atoms with Crippen molar-refractivity contribution in [3.63, 3.8) is 0 Å². The Morgan fingerprint density at radius 1 is 0.714 bits per heavy atom. The highest BCUT2D eigenvalue weighted by Crippen LogP contribution is 2.31. The van der Waals surface area contributed by atoms with E-state index in [1.807, 2.05) is 0 Å². The van der Waals surface area contributed by atoms with Gasteiger partial charge in [0.15, 0.2) is 0 Å². The second kappa shape index (κ2) is 6.58. The Kier molecular flexibility index (Phi) is 4.35. The maximum absolute atomic E-state index is 2.29. The zero-order valence-corrected chi connectivity index (χ0v) is 12.7. The third-order valence-corrected chi connectivity index (χ3v) is 4.16. The average molecular weight is 274 g/mol. The van der Waals surface area contributed by atoms with Gasteiger partial charge in [-0.05, 0) is 40.3 Å². The number of aryl methyl sites for hydroxylation is 1. The number of hydrogen-bond acceptors (Lipinski definition) is 0. The highest BCUT2D eigenvalue weighted by molar-refractivity contribution is 5.91. The Bertz CT molecular complexity index is 710. The first-order valence-corrected chi connectivity index (χ1v) is 7.96. The van der Waals surface area contributed by atoms with E-state index < -0.39 is 0 Å². The van der Waals surface area contributed by atoms with Gasteiger partial charge in [-0.1, -0.05) is 86.5 Å². The standard InChI is InChI=1S/C21H22/c1-2-3-5-14-21-19-13-9-8-12-18(19)15-16-20(21)17-10-6-4-7-11-17/h4,6-13,15-16H,2-3,5,14H2,1H3. The summed E-state index contributed by atoms with van der Waals surface area (Å²) in [4.78, 5) is 0. The van der Waals surface area contributed by atoms with Crippen molar-refractivity contribution in [3.8, 4) is 11.1 Å². The quantitative estimate of drug-likeness (QED) is 0.483. The molecule has 0 heteroatoms. The van der Waals surface area contributed by atoms with Crippen LogP contribution in [0, 0.1) is 0 Å². The van der Waals surface area contributed by atoms with E-state index in [2.05, 4.69) is 73.7 Å². The lowest BCUT2D eigenvalue weighted by atomic mass is 9.91. The van der Waals surface area contributed by atoms with Crippen LogP contribution < -0.4 is 0 Å². The molecule has 0 atom stereocenters. The van der Waals surface area contributed by atoms with E-state index >= 15 is 0 Å². The van der Waals surface area contributed by atoms with Crippen LogP contribution in [0.2, 0.25) is 0 Å². The molecular formula is C21H22. The van der Waals surface area contributed by atoms with E-state index in [-0.39, 0.29) is 0 Å². The largest absolute Gasteiger partial charge is 0.0654 e. The van der Waals surface area contributed by atoms with Crippen LogP contribution in [0.1, 0.15) is 31.7 Å². The fourth-order valence-electron chi connectivity index (χ4n) is 3.05. The van der Waals surface area contributed by atoms with Crippen molar-refractivity contribution in [3.05, 3.63) is 72.3 Å². The van der Waals surface area contributed by atoms with Crippen molar-refractivity contribution in [2.24, 2.45) is 0 Å². The van der Waals surface area contributed by atoms with Crippen LogP contribution in [0.3, 0.4) is 0 Å². The van der Waals surface area contributed by atoms with E-state index in [1.54, 1.807) is 0 Å². The normalized spacial score (nSPS) is 10.9. The van der Waals surface area contributed by atoms with Gasteiger partial charge in [0.05, 0.1) is 0 Å². The predicted octanol–water partition coefficient (Wildman–Crippen LogP) is 6.24. The van der Waals surface area contributed by atoms with Gasteiger partial charge in [-0.15, -0.1) is 0 Å². The van der Waals surface area contributed by atoms with Crippen molar-refractivity contribution < 1.29 is 0 Å². The maximum atomic E-state index is 2.29. The summed E-state index contributed by atoms with van der Waals surface area (Å²) < 4.78 is 0. The molecule has 106 valence electrons.